The van der Waals surface area contributed by atoms with Gasteiger partial charge in [-0.15, -0.1) is 5.10 Å². The van der Waals surface area contributed by atoms with E-state index < -0.39 is 12.2 Å². The molecular weight excluding hydrogens is 286 g/mol. The summed E-state index contributed by atoms with van der Waals surface area (Å²) in [4.78, 5) is 10.9. The van der Waals surface area contributed by atoms with Gasteiger partial charge in [0.1, 0.15) is 18.7 Å². The average Bonchev–Trinajstić information content (AvgIpc) is 2.90. The molecule has 1 aromatic heterocycles. The van der Waals surface area contributed by atoms with Gasteiger partial charge in [-0.2, -0.15) is 0 Å². The molecule has 2 aromatic rings. The summed E-state index contributed by atoms with van der Waals surface area (Å²) in [5.41, 5.74) is 5.02. The van der Waals surface area contributed by atoms with Crippen molar-refractivity contribution in [3.8, 4) is 5.75 Å². The molecule has 1 unspecified atom stereocenters. The van der Waals surface area contributed by atoms with Crippen molar-refractivity contribution in [3.05, 3.63) is 35.6 Å². The first-order valence-electron chi connectivity index (χ1n) is 5.69. The summed E-state index contributed by atoms with van der Waals surface area (Å²) in [6.45, 7) is 0.299. The minimum absolute atomic E-state index is 0.0759. The van der Waals surface area contributed by atoms with E-state index >= 15 is 0 Å². The molecule has 0 aliphatic heterocycles. The van der Waals surface area contributed by atoms with Crippen molar-refractivity contribution in [2.75, 3.05) is 6.61 Å². The molecule has 0 saturated carbocycles. The lowest BCUT2D eigenvalue weighted by atomic mass is 10.3. The van der Waals surface area contributed by atoms with Gasteiger partial charge in [0.25, 0.3) is 0 Å². The highest BCUT2D eigenvalue weighted by atomic mass is 35.5. The van der Waals surface area contributed by atoms with Gasteiger partial charge in [-0.05, 0) is 22.6 Å². The Balaban J connectivity index is 1.97. The molecule has 2 N–H and O–H groups in total. The second kappa shape index (κ2) is 6.71. The van der Waals surface area contributed by atoms with Gasteiger partial charge in [0.2, 0.25) is 0 Å². The molecule has 0 fully saturated rings. The number of ether oxygens (including phenoxy) is 2. The highest BCUT2D eigenvalue weighted by molar-refractivity contribution is 6.32. The van der Waals surface area contributed by atoms with Crippen LogP contribution >= 0.6 is 11.6 Å². The van der Waals surface area contributed by atoms with Gasteiger partial charge < -0.3 is 15.2 Å². The second-order valence-corrected chi connectivity index (χ2v) is 4.24. The fraction of sp³-hybridized carbons (Fsp3) is 0.273. The van der Waals surface area contributed by atoms with Crippen LogP contribution in [0.5, 0.6) is 5.75 Å². The molecule has 8 nitrogen and oxygen atoms in total. The first-order valence-corrected chi connectivity index (χ1v) is 6.07. The maximum Gasteiger partial charge on any atom is 0.404 e. The number of amides is 1. The first kappa shape index (κ1) is 14.1. The van der Waals surface area contributed by atoms with Gasteiger partial charge in [-0.1, -0.05) is 23.7 Å². The number of nitrogens with two attached hydrogens (primary N) is 1. The summed E-state index contributed by atoms with van der Waals surface area (Å²) in [6, 6.07) is 6.98. The highest BCUT2D eigenvalue weighted by Gasteiger charge is 2.16. The number of nitrogens with zero attached hydrogens (tertiary/aromatic N) is 4. The van der Waals surface area contributed by atoms with Gasteiger partial charge in [0.05, 0.1) is 11.6 Å². The zero-order valence-electron chi connectivity index (χ0n) is 10.3. The van der Waals surface area contributed by atoms with E-state index in [0.717, 1.165) is 0 Å². The first-order chi connectivity index (χ1) is 9.65. The zero-order chi connectivity index (χ0) is 14.4. The number of carbonyl (C=O) groups is 1. The monoisotopic (exact) mass is 297 g/mol. The van der Waals surface area contributed by atoms with Crippen LogP contribution in [0.2, 0.25) is 5.02 Å². The number of aromatic nitrogens is 4. The van der Waals surface area contributed by atoms with E-state index in [0.29, 0.717) is 10.8 Å². The third kappa shape index (κ3) is 4.09. The molecule has 9 heteroatoms. The standard InChI is InChI=1S/C11H12ClN5O3/c12-9-3-1-2-4-10(9)19-6-8(20-11(13)18)5-17-7-14-15-16-17/h1-4,7-8H,5-6H2,(H2,13,18). The van der Waals surface area contributed by atoms with Gasteiger partial charge in [0.15, 0.2) is 6.10 Å². The normalized spacial score (nSPS) is 11.8. The predicted molar refractivity (Wildman–Crippen MR) is 69.2 cm³/mol. The Morgan fingerprint density at radius 1 is 1.45 bits per heavy atom. The van der Waals surface area contributed by atoms with Crippen LogP contribution in [-0.4, -0.2) is 39.0 Å². The van der Waals surface area contributed by atoms with Crippen LogP contribution in [0.4, 0.5) is 4.79 Å². The topological polar surface area (TPSA) is 105 Å². The molecule has 0 aliphatic rings. The Labute approximate surface area is 119 Å². The van der Waals surface area contributed by atoms with Crippen molar-refractivity contribution in [3.63, 3.8) is 0 Å². The van der Waals surface area contributed by atoms with Crippen molar-refractivity contribution >= 4 is 17.7 Å². The smallest absolute Gasteiger partial charge is 0.404 e. The lowest BCUT2D eigenvalue weighted by Gasteiger charge is -2.17. The van der Waals surface area contributed by atoms with E-state index in [1.165, 1.54) is 11.0 Å². The Bertz CT molecular complexity index is 563. The van der Waals surface area contributed by atoms with Crippen LogP contribution in [0.3, 0.4) is 0 Å². The molecular formula is C11H12ClN5O3. The molecule has 20 heavy (non-hydrogen) atoms. The Morgan fingerprint density at radius 3 is 2.90 bits per heavy atom. The molecule has 1 atom stereocenters. The number of para-hydroxylation sites is 1. The number of carbonyl (C=O) groups excluding carboxylic acids is 1. The largest absolute Gasteiger partial charge is 0.488 e. The molecule has 1 heterocycles. The van der Waals surface area contributed by atoms with Gasteiger partial charge in [-0.25, -0.2) is 9.48 Å². The van der Waals surface area contributed by atoms with Crippen LogP contribution in [0.1, 0.15) is 0 Å². The maximum atomic E-state index is 10.9. The third-order valence-electron chi connectivity index (χ3n) is 2.33. The summed E-state index contributed by atoms with van der Waals surface area (Å²) in [5, 5.41) is 11.1. The number of halogens is 1. The Kier molecular flexibility index (Phi) is 4.72. The molecule has 2 rings (SSSR count). The van der Waals surface area contributed by atoms with E-state index in [9.17, 15) is 4.79 Å². The summed E-state index contributed by atoms with van der Waals surface area (Å²) in [6.07, 6.45) is -0.134. The lowest BCUT2D eigenvalue weighted by Crippen LogP contribution is -2.32. The van der Waals surface area contributed by atoms with Gasteiger partial charge in [0, 0.05) is 0 Å². The van der Waals surface area contributed by atoms with Gasteiger partial charge >= 0.3 is 6.09 Å². The molecule has 0 aliphatic carbocycles. The van der Waals surface area contributed by atoms with E-state index in [-0.39, 0.29) is 13.2 Å². The van der Waals surface area contributed by atoms with Crippen LogP contribution in [0.25, 0.3) is 0 Å². The quantitative estimate of drug-likeness (QED) is 0.848. The highest BCUT2D eigenvalue weighted by Crippen LogP contribution is 2.23. The Morgan fingerprint density at radius 2 is 2.25 bits per heavy atom. The molecule has 0 saturated heterocycles. The van der Waals surface area contributed by atoms with Crippen molar-refractivity contribution in [2.45, 2.75) is 12.6 Å². The van der Waals surface area contributed by atoms with Crippen LogP contribution in [-0.2, 0) is 11.3 Å². The molecule has 1 amide bonds. The number of hydrogen-bond acceptors (Lipinski definition) is 6. The molecule has 0 radical (unpaired) electrons. The average molecular weight is 298 g/mol. The predicted octanol–water partition coefficient (Wildman–Crippen LogP) is 0.869. The second-order valence-electron chi connectivity index (χ2n) is 3.83. The van der Waals surface area contributed by atoms with E-state index in [1.807, 2.05) is 0 Å². The third-order valence-corrected chi connectivity index (χ3v) is 2.64. The van der Waals surface area contributed by atoms with Crippen molar-refractivity contribution < 1.29 is 14.3 Å². The van der Waals surface area contributed by atoms with Crippen molar-refractivity contribution in [1.29, 1.82) is 0 Å². The van der Waals surface area contributed by atoms with Crippen LogP contribution in [0.15, 0.2) is 30.6 Å². The summed E-state index contributed by atoms with van der Waals surface area (Å²) in [7, 11) is 0. The number of primary amides is 1. The summed E-state index contributed by atoms with van der Waals surface area (Å²) in [5.74, 6) is 0.490. The lowest BCUT2D eigenvalue weighted by molar-refractivity contribution is 0.0587. The molecule has 106 valence electrons. The number of hydrogen-bond donors (Lipinski definition) is 1. The SMILES string of the molecule is NC(=O)OC(COc1ccccc1Cl)Cn1cnnn1. The van der Waals surface area contributed by atoms with Crippen LogP contribution < -0.4 is 10.5 Å². The van der Waals surface area contributed by atoms with Crippen molar-refractivity contribution in [1.82, 2.24) is 20.2 Å². The van der Waals surface area contributed by atoms with Crippen LogP contribution in [0, 0.1) is 0 Å². The fourth-order valence-corrected chi connectivity index (χ4v) is 1.70. The van der Waals surface area contributed by atoms with E-state index in [4.69, 9.17) is 26.8 Å². The summed E-state index contributed by atoms with van der Waals surface area (Å²) < 4.78 is 11.8. The number of benzene rings is 1. The minimum Gasteiger partial charge on any atom is -0.488 e. The number of rotatable bonds is 6. The molecule has 0 bridgehead atoms. The number of tetrazole rings is 1. The van der Waals surface area contributed by atoms with E-state index in [1.54, 1.807) is 24.3 Å². The minimum atomic E-state index is -0.897. The molecule has 1 aromatic carbocycles. The Hall–Kier alpha value is -2.35. The zero-order valence-corrected chi connectivity index (χ0v) is 11.1. The summed E-state index contributed by atoms with van der Waals surface area (Å²) >= 11 is 5.96. The maximum absolute atomic E-state index is 10.9. The van der Waals surface area contributed by atoms with E-state index in [2.05, 4.69) is 15.5 Å². The molecule has 0 spiro atoms. The fourth-order valence-electron chi connectivity index (χ4n) is 1.51. The van der Waals surface area contributed by atoms with Crippen molar-refractivity contribution in [2.24, 2.45) is 5.73 Å². The van der Waals surface area contributed by atoms with Gasteiger partial charge in [-0.3, -0.25) is 0 Å².